The number of hydrogen-bond donors (Lipinski definition) is 3. The van der Waals surface area contributed by atoms with Crippen molar-refractivity contribution in [2.45, 2.75) is 32.2 Å². The zero-order valence-electron chi connectivity index (χ0n) is 13.8. The minimum Gasteiger partial charge on any atom is -0.396 e. The number of aryl methyl sites for hydroxylation is 1. The molecule has 0 bridgehead atoms. The summed E-state index contributed by atoms with van der Waals surface area (Å²) in [4.78, 5) is 11.3. The molecule has 0 radical (unpaired) electrons. The molecule has 7 heteroatoms. The fraction of sp³-hybridized carbons (Fsp3) is 0.412. The van der Waals surface area contributed by atoms with Crippen LogP contribution >= 0.6 is 0 Å². The Morgan fingerprint density at radius 3 is 2.83 bits per heavy atom. The van der Waals surface area contributed by atoms with Crippen LogP contribution in [0.15, 0.2) is 24.3 Å². The van der Waals surface area contributed by atoms with Crippen LogP contribution in [0, 0.1) is 5.82 Å². The fourth-order valence-electron chi connectivity index (χ4n) is 2.83. The number of nitrogens with one attached hydrogen (secondary N) is 1. The summed E-state index contributed by atoms with van der Waals surface area (Å²) in [6, 6.07) is 6.69. The van der Waals surface area contributed by atoms with Crippen LogP contribution in [0.2, 0.25) is 0 Å². The maximum absolute atomic E-state index is 13.3. The summed E-state index contributed by atoms with van der Waals surface area (Å²) < 4.78 is 13.3. The fourth-order valence-corrected chi connectivity index (χ4v) is 2.83. The normalized spacial score (nSPS) is 17.3. The lowest BCUT2D eigenvalue weighted by molar-refractivity contribution is 0.632. The Labute approximate surface area is 141 Å². The number of nitrogen functional groups attached to an aromatic ring is 1. The summed E-state index contributed by atoms with van der Waals surface area (Å²) in [6.07, 6.45) is 2.83. The highest BCUT2D eigenvalue weighted by molar-refractivity contribution is 5.61. The Kier molecular flexibility index (Phi) is 4.80. The van der Waals surface area contributed by atoms with Gasteiger partial charge in [-0.25, -0.2) is 9.37 Å². The Morgan fingerprint density at radius 2 is 2.17 bits per heavy atom. The molecule has 1 aromatic heterocycles. The van der Waals surface area contributed by atoms with Crippen molar-refractivity contribution >= 4 is 23.1 Å². The van der Waals surface area contributed by atoms with Crippen LogP contribution in [-0.4, -0.2) is 29.1 Å². The van der Waals surface area contributed by atoms with Crippen LogP contribution < -0.4 is 21.7 Å². The SMILES string of the molecule is CCCc1cc(N2CC[C@H](N)C2)nc(Nc2ccc(F)c(N)c2)n1. The molecular weight excluding hydrogens is 307 g/mol. The zero-order valence-corrected chi connectivity index (χ0v) is 13.8. The van der Waals surface area contributed by atoms with Crippen LogP contribution in [-0.2, 0) is 6.42 Å². The number of halogens is 1. The third kappa shape index (κ3) is 3.73. The van der Waals surface area contributed by atoms with E-state index >= 15 is 0 Å². The van der Waals surface area contributed by atoms with Crippen molar-refractivity contribution in [2.24, 2.45) is 5.73 Å². The molecule has 24 heavy (non-hydrogen) atoms. The number of nitrogens with zero attached hydrogens (tertiary/aromatic N) is 3. The first-order valence-electron chi connectivity index (χ1n) is 8.25. The minimum atomic E-state index is -0.437. The molecule has 1 atom stereocenters. The van der Waals surface area contributed by atoms with Gasteiger partial charge in [0.05, 0.1) is 5.69 Å². The smallest absolute Gasteiger partial charge is 0.229 e. The first-order chi connectivity index (χ1) is 11.5. The molecule has 128 valence electrons. The average Bonchev–Trinajstić information content (AvgIpc) is 2.98. The van der Waals surface area contributed by atoms with Gasteiger partial charge in [0.1, 0.15) is 11.6 Å². The van der Waals surface area contributed by atoms with Crippen molar-refractivity contribution in [3.8, 4) is 0 Å². The van der Waals surface area contributed by atoms with Gasteiger partial charge in [-0.3, -0.25) is 0 Å². The molecule has 5 N–H and O–H groups in total. The largest absolute Gasteiger partial charge is 0.396 e. The van der Waals surface area contributed by atoms with Crippen molar-refractivity contribution in [3.05, 3.63) is 35.8 Å². The van der Waals surface area contributed by atoms with Gasteiger partial charge in [-0.1, -0.05) is 13.3 Å². The third-order valence-electron chi connectivity index (χ3n) is 4.07. The van der Waals surface area contributed by atoms with E-state index < -0.39 is 5.82 Å². The van der Waals surface area contributed by atoms with E-state index in [0.717, 1.165) is 43.9 Å². The summed E-state index contributed by atoms with van der Waals surface area (Å²) in [6.45, 7) is 3.81. The molecule has 2 heterocycles. The lowest BCUT2D eigenvalue weighted by Gasteiger charge is -2.19. The molecule has 1 aliphatic rings. The number of rotatable bonds is 5. The maximum Gasteiger partial charge on any atom is 0.229 e. The Morgan fingerprint density at radius 1 is 1.33 bits per heavy atom. The first-order valence-corrected chi connectivity index (χ1v) is 8.25. The van der Waals surface area contributed by atoms with Crippen molar-refractivity contribution < 1.29 is 4.39 Å². The molecule has 2 aromatic rings. The predicted molar refractivity (Wildman–Crippen MR) is 94.9 cm³/mol. The van der Waals surface area contributed by atoms with E-state index in [2.05, 4.69) is 27.1 Å². The molecule has 1 saturated heterocycles. The van der Waals surface area contributed by atoms with E-state index in [1.165, 1.54) is 12.1 Å². The van der Waals surface area contributed by atoms with Gasteiger partial charge in [0.15, 0.2) is 0 Å². The molecule has 0 saturated carbocycles. The van der Waals surface area contributed by atoms with Gasteiger partial charge in [-0.05, 0) is 31.0 Å². The molecule has 3 rings (SSSR count). The lowest BCUT2D eigenvalue weighted by Crippen LogP contribution is -2.27. The van der Waals surface area contributed by atoms with Crippen LogP contribution in [0.4, 0.5) is 27.5 Å². The molecule has 1 fully saturated rings. The number of aromatic nitrogens is 2. The summed E-state index contributed by atoms with van der Waals surface area (Å²) in [5.74, 6) is 0.925. The number of nitrogens with two attached hydrogens (primary N) is 2. The Balaban J connectivity index is 1.88. The standard InChI is InChI=1S/C17H23FN6/c1-2-3-12-9-16(24-7-6-11(19)10-24)23-17(21-12)22-13-4-5-14(18)15(20)8-13/h4-5,8-9,11H,2-3,6-7,10,19-20H2,1H3,(H,21,22,23)/t11-/m0/s1. The van der Waals surface area contributed by atoms with Gasteiger partial charge in [0.25, 0.3) is 0 Å². The van der Waals surface area contributed by atoms with Gasteiger partial charge in [0, 0.05) is 36.6 Å². The number of hydrogen-bond acceptors (Lipinski definition) is 6. The monoisotopic (exact) mass is 330 g/mol. The van der Waals surface area contributed by atoms with Crippen LogP contribution in [0.3, 0.4) is 0 Å². The quantitative estimate of drug-likeness (QED) is 0.729. The van der Waals surface area contributed by atoms with Gasteiger partial charge >= 0.3 is 0 Å². The molecule has 6 nitrogen and oxygen atoms in total. The molecular formula is C17H23FN6. The second kappa shape index (κ2) is 7.00. The van der Waals surface area contributed by atoms with Crippen LogP contribution in [0.25, 0.3) is 0 Å². The topological polar surface area (TPSA) is 93.1 Å². The summed E-state index contributed by atoms with van der Waals surface area (Å²) in [5, 5.41) is 3.12. The van der Waals surface area contributed by atoms with E-state index in [4.69, 9.17) is 11.5 Å². The summed E-state index contributed by atoms with van der Waals surface area (Å²) in [7, 11) is 0. The summed E-state index contributed by atoms with van der Waals surface area (Å²) >= 11 is 0. The van der Waals surface area contributed by atoms with Crippen LogP contribution in [0.1, 0.15) is 25.5 Å². The first kappa shape index (κ1) is 16.4. The predicted octanol–water partition coefficient (Wildman–Crippen LogP) is 2.43. The van der Waals surface area contributed by atoms with E-state index in [9.17, 15) is 4.39 Å². The number of benzene rings is 1. The molecule has 0 amide bonds. The van der Waals surface area contributed by atoms with Gasteiger partial charge in [-0.2, -0.15) is 4.98 Å². The number of anilines is 4. The molecule has 0 spiro atoms. The van der Waals surface area contributed by atoms with E-state index in [1.54, 1.807) is 6.07 Å². The van der Waals surface area contributed by atoms with E-state index in [0.29, 0.717) is 11.6 Å². The second-order valence-corrected chi connectivity index (χ2v) is 6.15. The zero-order chi connectivity index (χ0) is 17.1. The van der Waals surface area contributed by atoms with Gasteiger partial charge in [-0.15, -0.1) is 0 Å². The van der Waals surface area contributed by atoms with Crippen LogP contribution in [0.5, 0.6) is 0 Å². The third-order valence-corrected chi connectivity index (χ3v) is 4.07. The molecule has 0 aliphatic carbocycles. The molecule has 1 aromatic carbocycles. The lowest BCUT2D eigenvalue weighted by atomic mass is 10.2. The average molecular weight is 330 g/mol. The van der Waals surface area contributed by atoms with E-state index in [1.807, 2.05) is 6.07 Å². The Hall–Kier alpha value is -2.41. The highest BCUT2D eigenvalue weighted by Gasteiger charge is 2.21. The van der Waals surface area contributed by atoms with Crippen molar-refractivity contribution in [1.82, 2.24) is 9.97 Å². The summed E-state index contributed by atoms with van der Waals surface area (Å²) in [5.41, 5.74) is 13.3. The Bertz CT molecular complexity index is 720. The van der Waals surface area contributed by atoms with Crippen molar-refractivity contribution in [1.29, 1.82) is 0 Å². The minimum absolute atomic E-state index is 0.0930. The maximum atomic E-state index is 13.3. The van der Waals surface area contributed by atoms with Gasteiger partial charge in [0.2, 0.25) is 5.95 Å². The molecule has 1 aliphatic heterocycles. The highest BCUT2D eigenvalue weighted by Crippen LogP contribution is 2.23. The van der Waals surface area contributed by atoms with E-state index in [-0.39, 0.29) is 11.7 Å². The highest BCUT2D eigenvalue weighted by atomic mass is 19.1. The van der Waals surface area contributed by atoms with Crippen molar-refractivity contribution in [2.75, 3.05) is 29.0 Å². The van der Waals surface area contributed by atoms with Gasteiger partial charge < -0.3 is 21.7 Å². The molecule has 0 unspecified atom stereocenters. The second-order valence-electron chi connectivity index (χ2n) is 6.15. The van der Waals surface area contributed by atoms with Crippen molar-refractivity contribution in [3.63, 3.8) is 0 Å².